The van der Waals surface area contributed by atoms with Crippen LogP contribution in [0.1, 0.15) is 0 Å². The molecule has 0 aromatic carbocycles. The van der Waals surface area contributed by atoms with Gasteiger partial charge in [0, 0.05) is 33.4 Å². The fourth-order valence-electron chi connectivity index (χ4n) is 1.74. The van der Waals surface area contributed by atoms with E-state index in [1.807, 2.05) is 0 Å². The predicted molar refractivity (Wildman–Crippen MR) is 89.6 cm³/mol. The topological polar surface area (TPSA) is 87.0 Å². The quantitative estimate of drug-likeness (QED) is 0.419. The fraction of sp³-hybridized carbons (Fsp3) is 0.462. The van der Waals surface area contributed by atoms with Crippen molar-refractivity contribution in [1.82, 2.24) is 19.7 Å². The van der Waals surface area contributed by atoms with Crippen LogP contribution in [0.5, 0.6) is 0 Å². The van der Waals surface area contributed by atoms with Gasteiger partial charge in [-0.25, -0.2) is 18.1 Å². The Morgan fingerprint density at radius 1 is 1.35 bits per heavy atom. The highest BCUT2D eigenvalue weighted by Gasteiger charge is 2.20. The number of ether oxygens (including phenoxy) is 1. The van der Waals surface area contributed by atoms with Crippen molar-refractivity contribution in [2.45, 2.75) is 31.0 Å². The minimum atomic E-state index is -3.51. The maximum Gasteiger partial charge on any atom is 0.248 e. The molecule has 2 aromatic heterocycles. The van der Waals surface area contributed by atoms with Crippen molar-refractivity contribution in [2.75, 3.05) is 12.9 Å². The Balaban J connectivity index is 2.24. The van der Waals surface area contributed by atoms with E-state index in [0.29, 0.717) is 17.3 Å². The molecule has 7 nitrogen and oxygen atoms in total. The molecule has 0 bridgehead atoms. The van der Waals surface area contributed by atoms with Gasteiger partial charge in [-0.05, 0) is 18.2 Å². The number of rotatable bonds is 7. The van der Waals surface area contributed by atoms with E-state index in [2.05, 4.69) is 28.2 Å². The van der Waals surface area contributed by atoms with Crippen molar-refractivity contribution in [1.29, 1.82) is 0 Å². The van der Waals surface area contributed by atoms with E-state index in [9.17, 15) is 8.42 Å². The monoisotopic (exact) mass is 373 g/mol. The molecular formula is C13H18ClN4O3SSi. The first-order chi connectivity index (χ1) is 10.8. The minimum Gasteiger partial charge on any atom is -0.359 e. The Bertz CT molecular complexity index is 762. The van der Waals surface area contributed by atoms with Crippen LogP contribution >= 0.6 is 11.6 Å². The van der Waals surface area contributed by atoms with Gasteiger partial charge in [0.15, 0.2) is 5.82 Å². The van der Waals surface area contributed by atoms with E-state index in [-0.39, 0.29) is 26.5 Å². The molecule has 0 N–H and O–H groups in total. The molecule has 0 saturated heterocycles. The van der Waals surface area contributed by atoms with E-state index < -0.39 is 9.84 Å². The molecule has 2 aromatic rings. The van der Waals surface area contributed by atoms with E-state index in [0.717, 1.165) is 12.3 Å². The largest absolute Gasteiger partial charge is 0.359 e. The molecule has 0 unspecified atom stereocenters. The second kappa shape index (κ2) is 7.52. The summed E-state index contributed by atoms with van der Waals surface area (Å²) in [5, 5.41) is 4.44. The zero-order valence-corrected chi connectivity index (χ0v) is 15.7. The normalized spacial score (nSPS) is 12.0. The molecule has 0 aliphatic heterocycles. The molecule has 1 radical (unpaired) electrons. The molecule has 10 heteroatoms. The van der Waals surface area contributed by atoms with Gasteiger partial charge >= 0.3 is 0 Å². The lowest BCUT2D eigenvalue weighted by molar-refractivity contribution is 0.0718. The average molecular weight is 374 g/mol. The van der Waals surface area contributed by atoms with Gasteiger partial charge in [-0.15, -0.1) is 5.10 Å². The maximum atomic E-state index is 11.9. The summed E-state index contributed by atoms with van der Waals surface area (Å²) in [5.41, 5.74) is 0.589. The Morgan fingerprint density at radius 2 is 2.09 bits per heavy atom. The third kappa shape index (κ3) is 5.10. The highest BCUT2D eigenvalue weighted by atomic mass is 35.5. The summed E-state index contributed by atoms with van der Waals surface area (Å²) in [6.07, 6.45) is 2.59. The molecule has 0 aliphatic carbocycles. The van der Waals surface area contributed by atoms with Crippen LogP contribution in [-0.4, -0.2) is 49.8 Å². The second-order valence-electron chi connectivity index (χ2n) is 5.35. The summed E-state index contributed by atoms with van der Waals surface area (Å²) in [5.74, 6) is 0.272. The molecule has 2 heterocycles. The molecule has 0 aliphatic rings. The van der Waals surface area contributed by atoms with Gasteiger partial charge in [0.25, 0.3) is 0 Å². The minimum absolute atomic E-state index is 0.0472. The van der Waals surface area contributed by atoms with Crippen molar-refractivity contribution in [3.63, 3.8) is 0 Å². The van der Waals surface area contributed by atoms with E-state index in [1.165, 1.54) is 10.9 Å². The van der Waals surface area contributed by atoms with Gasteiger partial charge < -0.3 is 4.74 Å². The van der Waals surface area contributed by atoms with Gasteiger partial charge in [0.2, 0.25) is 15.0 Å². The first kappa shape index (κ1) is 18.1. The van der Waals surface area contributed by atoms with Crippen LogP contribution in [0.2, 0.25) is 24.3 Å². The van der Waals surface area contributed by atoms with Crippen LogP contribution in [0.25, 0.3) is 11.4 Å². The Hall–Kier alpha value is -1.29. The number of hydrogen-bond acceptors (Lipinski definition) is 6. The summed E-state index contributed by atoms with van der Waals surface area (Å²) in [7, 11) is -3.89. The van der Waals surface area contributed by atoms with Gasteiger partial charge in [0.05, 0.1) is 0 Å². The number of hydrogen-bond donors (Lipinski definition) is 0. The first-order valence-corrected chi connectivity index (χ1v) is 11.9. The molecule has 0 spiro atoms. The number of sulfone groups is 1. The van der Waals surface area contributed by atoms with Crippen molar-refractivity contribution >= 4 is 30.2 Å². The summed E-state index contributed by atoms with van der Waals surface area (Å²) in [4.78, 5) is 8.05. The maximum absolute atomic E-state index is 11.9. The van der Waals surface area contributed by atoms with Crippen LogP contribution in [0.3, 0.4) is 0 Å². The van der Waals surface area contributed by atoms with Crippen molar-refractivity contribution in [3.8, 4) is 11.4 Å². The summed E-state index contributed by atoms with van der Waals surface area (Å²) in [6.45, 7) is 5.00. The van der Waals surface area contributed by atoms with Crippen molar-refractivity contribution in [3.05, 3.63) is 23.5 Å². The van der Waals surface area contributed by atoms with Crippen LogP contribution in [0, 0.1) is 0 Å². The lowest BCUT2D eigenvalue weighted by atomic mass is 10.3. The first-order valence-electron chi connectivity index (χ1n) is 6.91. The summed E-state index contributed by atoms with van der Waals surface area (Å²) < 4.78 is 30.5. The Morgan fingerprint density at radius 3 is 2.65 bits per heavy atom. The van der Waals surface area contributed by atoms with Gasteiger partial charge in [-0.3, -0.25) is 0 Å². The SMILES string of the molecule is C[Si](C)CCOCn1nc(-c2ccc(Cl)nc2)nc1S(C)(=O)=O. The molecule has 0 atom stereocenters. The van der Waals surface area contributed by atoms with E-state index in [4.69, 9.17) is 16.3 Å². The third-order valence-corrected chi connectivity index (χ3v) is 5.31. The fourth-order valence-corrected chi connectivity index (χ4v) is 3.14. The van der Waals surface area contributed by atoms with Crippen LogP contribution < -0.4 is 0 Å². The number of nitrogens with zero attached hydrogens (tertiary/aromatic N) is 4. The molecule has 23 heavy (non-hydrogen) atoms. The Kier molecular flexibility index (Phi) is 5.90. The molecule has 125 valence electrons. The lowest BCUT2D eigenvalue weighted by Gasteiger charge is -2.07. The molecule has 2 rings (SSSR count). The van der Waals surface area contributed by atoms with Crippen molar-refractivity contribution in [2.24, 2.45) is 0 Å². The predicted octanol–water partition coefficient (Wildman–Crippen LogP) is 2.13. The number of halogens is 1. The molecule has 0 amide bonds. The number of pyridine rings is 1. The van der Waals surface area contributed by atoms with Crippen LogP contribution in [0.15, 0.2) is 23.5 Å². The number of aromatic nitrogens is 4. The van der Waals surface area contributed by atoms with E-state index >= 15 is 0 Å². The standard InChI is InChI=1S/C13H18ClN4O3SSi/c1-22(19,20)13-16-12(10-4-5-11(14)15-8-10)17-18(13)9-21-6-7-23(2)3/h4-5,8H,6-7,9H2,1-3H3. The van der Waals surface area contributed by atoms with Gasteiger partial charge in [-0.2, -0.15) is 4.98 Å². The van der Waals surface area contributed by atoms with Crippen molar-refractivity contribution < 1.29 is 13.2 Å². The Labute approximate surface area is 142 Å². The van der Waals surface area contributed by atoms with Crippen LogP contribution in [0.4, 0.5) is 0 Å². The summed E-state index contributed by atoms with van der Waals surface area (Å²) >= 11 is 5.75. The molecular weight excluding hydrogens is 356 g/mol. The summed E-state index contributed by atoms with van der Waals surface area (Å²) in [6, 6.07) is 4.27. The van der Waals surface area contributed by atoms with E-state index in [1.54, 1.807) is 12.1 Å². The van der Waals surface area contributed by atoms with Crippen LogP contribution in [-0.2, 0) is 21.3 Å². The average Bonchev–Trinajstić information content (AvgIpc) is 2.88. The molecule has 0 fully saturated rings. The smallest absolute Gasteiger partial charge is 0.248 e. The lowest BCUT2D eigenvalue weighted by Crippen LogP contribution is -2.14. The van der Waals surface area contributed by atoms with Gasteiger partial charge in [0.1, 0.15) is 11.9 Å². The third-order valence-electron chi connectivity index (χ3n) is 2.91. The zero-order valence-electron chi connectivity index (χ0n) is 13.2. The highest BCUT2D eigenvalue weighted by Crippen LogP contribution is 2.18. The zero-order chi connectivity index (χ0) is 17.0. The highest BCUT2D eigenvalue weighted by molar-refractivity contribution is 7.90. The second-order valence-corrected chi connectivity index (χ2v) is 10.6. The molecule has 0 saturated carbocycles. The van der Waals surface area contributed by atoms with Gasteiger partial charge in [-0.1, -0.05) is 24.7 Å².